The van der Waals surface area contributed by atoms with E-state index in [0.29, 0.717) is 13.1 Å². The molecule has 0 unspecified atom stereocenters. The van der Waals surface area contributed by atoms with Gasteiger partial charge in [-0.15, -0.1) is 12.4 Å². The molecule has 1 rings (SSSR count). The number of hydrogen-bond acceptors (Lipinski definition) is 3. The Balaban J connectivity index is 0.00000400. The molecule has 0 aromatic heterocycles. The van der Waals surface area contributed by atoms with Crippen LogP contribution < -0.4 is 11.1 Å². The van der Waals surface area contributed by atoms with Crippen molar-refractivity contribution < 1.29 is 4.79 Å². The van der Waals surface area contributed by atoms with Crippen molar-refractivity contribution in [2.45, 2.75) is 32.7 Å². The maximum Gasteiger partial charge on any atom is 0.234 e. The number of carbonyl (C=O) groups excluding carboxylic acids is 1. The zero-order chi connectivity index (χ0) is 15.0. The molecule has 4 nitrogen and oxygen atoms in total. The molecule has 0 radical (unpaired) electrons. The van der Waals surface area contributed by atoms with Gasteiger partial charge in [-0.2, -0.15) is 0 Å². The zero-order valence-corrected chi connectivity index (χ0v) is 14.1. The summed E-state index contributed by atoms with van der Waals surface area (Å²) in [5, 5.41) is 2.98. The minimum atomic E-state index is -0.190. The van der Waals surface area contributed by atoms with Crippen molar-refractivity contribution >= 4 is 18.3 Å². The maximum absolute atomic E-state index is 12.0. The van der Waals surface area contributed by atoms with Crippen LogP contribution in [0.15, 0.2) is 30.3 Å². The molecule has 0 saturated heterocycles. The Hall–Kier alpha value is -1.10. The molecule has 3 N–H and O–H groups in total. The summed E-state index contributed by atoms with van der Waals surface area (Å²) in [4.78, 5) is 14.1. The van der Waals surface area contributed by atoms with Gasteiger partial charge in [0.15, 0.2) is 0 Å². The van der Waals surface area contributed by atoms with Gasteiger partial charge in [-0.25, -0.2) is 0 Å². The van der Waals surface area contributed by atoms with Gasteiger partial charge in [0.1, 0.15) is 0 Å². The largest absolute Gasteiger partial charge is 0.350 e. The molecule has 0 fully saturated rings. The van der Waals surface area contributed by atoms with Gasteiger partial charge in [0.2, 0.25) is 5.91 Å². The Labute approximate surface area is 134 Å². The van der Waals surface area contributed by atoms with Crippen LogP contribution in [0.3, 0.4) is 0 Å². The molecule has 120 valence electrons. The third-order valence-corrected chi connectivity index (χ3v) is 2.89. The van der Waals surface area contributed by atoms with Crippen LogP contribution in [0, 0.1) is 0 Å². The average Bonchev–Trinajstić information content (AvgIpc) is 2.35. The van der Waals surface area contributed by atoms with E-state index in [0.717, 1.165) is 19.5 Å². The van der Waals surface area contributed by atoms with Crippen molar-refractivity contribution in [1.82, 2.24) is 10.2 Å². The highest BCUT2D eigenvalue weighted by atomic mass is 35.5. The minimum Gasteiger partial charge on any atom is -0.350 e. The molecule has 0 saturated carbocycles. The summed E-state index contributed by atoms with van der Waals surface area (Å²) in [6.07, 6.45) is 0.934. The second kappa shape index (κ2) is 9.77. The maximum atomic E-state index is 12.0. The predicted octanol–water partition coefficient (Wildman–Crippen LogP) is 1.83. The van der Waals surface area contributed by atoms with Gasteiger partial charge < -0.3 is 11.1 Å². The van der Waals surface area contributed by atoms with Gasteiger partial charge in [0.05, 0.1) is 6.54 Å². The van der Waals surface area contributed by atoms with Crippen molar-refractivity contribution in [2.24, 2.45) is 5.73 Å². The SMILES string of the molecule is CC(C)(C)NC(=O)CN(CCN)CCc1ccccc1.Cl. The summed E-state index contributed by atoms with van der Waals surface area (Å²) in [6, 6.07) is 10.3. The molecule has 1 aromatic rings. The highest BCUT2D eigenvalue weighted by Gasteiger charge is 2.16. The Morgan fingerprint density at radius 1 is 1.19 bits per heavy atom. The van der Waals surface area contributed by atoms with Crippen LogP contribution in [0.5, 0.6) is 0 Å². The average molecular weight is 314 g/mol. The Kier molecular flexibility index (Phi) is 9.26. The number of rotatable bonds is 7. The standard InChI is InChI=1S/C16H27N3O.ClH/c1-16(2,3)18-15(20)13-19(12-10-17)11-9-14-7-5-4-6-8-14;/h4-8H,9-13,17H2,1-3H3,(H,18,20);1H. The Bertz CT molecular complexity index is 404. The van der Waals surface area contributed by atoms with Crippen molar-refractivity contribution in [2.75, 3.05) is 26.2 Å². The minimum absolute atomic E-state index is 0. The third kappa shape index (κ3) is 9.45. The van der Waals surface area contributed by atoms with E-state index in [1.807, 2.05) is 39.0 Å². The first-order valence-electron chi connectivity index (χ1n) is 7.18. The van der Waals surface area contributed by atoms with Crippen molar-refractivity contribution in [3.8, 4) is 0 Å². The topological polar surface area (TPSA) is 58.4 Å². The molecule has 1 aromatic carbocycles. The van der Waals surface area contributed by atoms with E-state index in [-0.39, 0.29) is 23.9 Å². The smallest absolute Gasteiger partial charge is 0.234 e. The number of nitrogens with zero attached hydrogens (tertiary/aromatic N) is 1. The summed E-state index contributed by atoms with van der Waals surface area (Å²) >= 11 is 0. The summed E-state index contributed by atoms with van der Waals surface area (Å²) in [6.45, 7) is 8.52. The van der Waals surface area contributed by atoms with Gasteiger partial charge in [-0.3, -0.25) is 9.69 Å². The van der Waals surface area contributed by atoms with Gasteiger partial charge in [-0.05, 0) is 32.8 Å². The number of hydrogen-bond donors (Lipinski definition) is 2. The molecular weight excluding hydrogens is 286 g/mol. The van der Waals surface area contributed by atoms with E-state index in [1.54, 1.807) is 0 Å². The number of nitrogens with two attached hydrogens (primary N) is 1. The Morgan fingerprint density at radius 3 is 2.33 bits per heavy atom. The van der Waals surface area contributed by atoms with E-state index in [9.17, 15) is 4.79 Å². The fourth-order valence-electron chi connectivity index (χ4n) is 2.05. The quantitative estimate of drug-likeness (QED) is 0.807. The van der Waals surface area contributed by atoms with Gasteiger partial charge in [-0.1, -0.05) is 30.3 Å². The van der Waals surface area contributed by atoms with Gasteiger partial charge in [0.25, 0.3) is 0 Å². The molecule has 1 amide bonds. The molecule has 0 aliphatic carbocycles. The fourth-order valence-corrected chi connectivity index (χ4v) is 2.05. The van der Waals surface area contributed by atoms with Crippen LogP contribution >= 0.6 is 12.4 Å². The lowest BCUT2D eigenvalue weighted by molar-refractivity contribution is -0.123. The van der Waals surface area contributed by atoms with E-state index >= 15 is 0 Å². The normalized spacial score (nSPS) is 11.1. The second-order valence-corrected chi connectivity index (χ2v) is 6.10. The summed E-state index contributed by atoms with van der Waals surface area (Å²) in [5.41, 5.74) is 6.72. The predicted molar refractivity (Wildman–Crippen MR) is 90.8 cm³/mol. The summed E-state index contributed by atoms with van der Waals surface area (Å²) < 4.78 is 0. The fraction of sp³-hybridized carbons (Fsp3) is 0.562. The summed E-state index contributed by atoms with van der Waals surface area (Å²) in [5.74, 6) is 0.0546. The number of carbonyl (C=O) groups is 1. The lowest BCUT2D eigenvalue weighted by Crippen LogP contribution is -2.47. The number of nitrogens with one attached hydrogen (secondary N) is 1. The van der Waals surface area contributed by atoms with E-state index in [2.05, 4.69) is 22.3 Å². The van der Waals surface area contributed by atoms with Crippen molar-refractivity contribution in [3.63, 3.8) is 0 Å². The van der Waals surface area contributed by atoms with Crippen LogP contribution in [-0.4, -0.2) is 42.5 Å². The number of halogens is 1. The number of benzene rings is 1. The van der Waals surface area contributed by atoms with Crippen LogP contribution in [0.25, 0.3) is 0 Å². The highest BCUT2D eigenvalue weighted by Crippen LogP contribution is 2.02. The summed E-state index contributed by atoms with van der Waals surface area (Å²) in [7, 11) is 0. The van der Waals surface area contributed by atoms with E-state index in [1.165, 1.54) is 5.56 Å². The van der Waals surface area contributed by atoms with Crippen LogP contribution in [0.1, 0.15) is 26.3 Å². The Morgan fingerprint density at radius 2 is 1.81 bits per heavy atom. The van der Waals surface area contributed by atoms with Gasteiger partial charge >= 0.3 is 0 Å². The zero-order valence-electron chi connectivity index (χ0n) is 13.3. The molecule has 0 aliphatic heterocycles. The first-order chi connectivity index (χ1) is 9.40. The molecule has 5 heteroatoms. The first kappa shape index (κ1) is 19.9. The monoisotopic (exact) mass is 313 g/mol. The molecule has 0 heterocycles. The van der Waals surface area contributed by atoms with Crippen LogP contribution in [0.4, 0.5) is 0 Å². The molecular formula is C16H28ClN3O. The molecule has 21 heavy (non-hydrogen) atoms. The van der Waals surface area contributed by atoms with Gasteiger partial charge in [0, 0.05) is 25.2 Å². The molecule has 0 atom stereocenters. The third-order valence-electron chi connectivity index (χ3n) is 2.89. The lowest BCUT2D eigenvalue weighted by Gasteiger charge is -2.25. The first-order valence-corrected chi connectivity index (χ1v) is 7.18. The van der Waals surface area contributed by atoms with Crippen molar-refractivity contribution in [1.29, 1.82) is 0 Å². The van der Waals surface area contributed by atoms with Crippen molar-refractivity contribution in [3.05, 3.63) is 35.9 Å². The number of amides is 1. The van der Waals surface area contributed by atoms with E-state index in [4.69, 9.17) is 5.73 Å². The van der Waals surface area contributed by atoms with Crippen LogP contribution in [-0.2, 0) is 11.2 Å². The molecule has 0 bridgehead atoms. The lowest BCUT2D eigenvalue weighted by atomic mass is 10.1. The second-order valence-electron chi connectivity index (χ2n) is 6.10. The highest BCUT2D eigenvalue weighted by molar-refractivity contribution is 5.85. The molecule has 0 aliphatic rings. The van der Waals surface area contributed by atoms with Crippen LogP contribution in [0.2, 0.25) is 0 Å². The van der Waals surface area contributed by atoms with E-state index < -0.39 is 0 Å². The molecule has 0 spiro atoms.